The highest BCUT2D eigenvalue weighted by Crippen LogP contribution is 2.09. The van der Waals surface area contributed by atoms with Crippen molar-refractivity contribution >= 4 is 11.2 Å². The van der Waals surface area contributed by atoms with Gasteiger partial charge in [0, 0.05) is 13.6 Å². The first-order valence-corrected chi connectivity index (χ1v) is 7.26. The van der Waals surface area contributed by atoms with E-state index in [0.717, 1.165) is 4.57 Å². The van der Waals surface area contributed by atoms with Crippen molar-refractivity contribution in [2.45, 2.75) is 20.0 Å². The Bertz CT molecular complexity index is 1130. The maximum atomic E-state index is 12.6. The Hall–Kier alpha value is -3.45. The minimum atomic E-state index is -0.472. The number of aryl methyl sites for hydroxylation is 2. The summed E-state index contributed by atoms with van der Waals surface area (Å²) in [5.41, 5.74) is 0.354. The lowest BCUT2D eigenvalue weighted by Gasteiger charge is -2.07. The summed E-state index contributed by atoms with van der Waals surface area (Å²) >= 11 is 0. The fourth-order valence-corrected chi connectivity index (χ4v) is 2.45. The molecule has 0 amide bonds. The molecule has 24 heavy (non-hydrogen) atoms. The van der Waals surface area contributed by atoms with Gasteiger partial charge < -0.3 is 8.98 Å². The van der Waals surface area contributed by atoms with Crippen LogP contribution in [0.4, 0.5) is 0 Å². The Labute approximate surface area is 137 Å². The molecule has 3 heterocycles. The van der Waals surface area contributed by atoms with E-state index < -0.39 is 11.2 Å². The lowest BCUT2D eigenvalue weighted by atomic mass is 10.3. The summed E-state index contributed by atoms with van der Waals surface area (Å²) in [5.74, 6) is 8.50. The highest BCUT2D eigenvalue weighted by molar-refractivity contribution is 5.72. The second kappa shape index (κ2) is 5.98. The molecule has 0 aliphatic carbocycles. The first-order valence-electron chi connectivity index (χ1n) is 7.26. The molecule has 0 unspecified atom stereocenters. The zero-order valence-electron chi connectivity index (χ0n) is 13.2. The van der Waals surface area contributed by atoms with Crippen molar-refractivity contribution in [2.24, 2.45) is 7.05 Å². The molecule has 0 spiro atoms. The molecular formula is C17H14N4O3. The molecule has 0 bridgehead atoms. The fraction of sp³-hybridized carbons (Fsp3) is 0.235. The van der Waals surface area contributed by atoms with E-state index in [0.29, 0.717) is 29.1 Å². The number of furan rings is 1. The van der Waals surface area contributed by atoms with Gasteiger partial charge in [-0.05, 0) is 18.9 Å². The summed E-state index contributed by atoms with van der Waals surface area (Å²) in [6.07, 6.45) is 8.30. The molecule has 0 saturated carbocycles. The normalized spacial score (nSPS) is 10.4. The van der Waals surface area contributed by atoms with Crippen molar-refractivity contribution in [3.63, 3.8) is 0 Å². The number of hydrogen-bond acceptors (Lipinski definition) is 4. The van der Waals surface area contributed by atoms with E-state index in [1.54, 1.807) is 24.6 Å². The van der Waals surface area contributed by atoms with Crippen LogP contribution in [-0.4, -0.2) is 18.7 Å². The minimum Gasteiger partial charge on any atom is -0.471 e. The third kappa shape index (κ3) is 2.33. The van der Waals surface area contributed by atoms with Gasteiger partial charge >= 0.3 is 5.69 Å². The summed E-state index contributed by atoms with van der Waals surface area (Å²) in [6, 6.07) is 1.72. The average molecular weight is 322 g/mol. The van der Waals surface area contributed by atoms with Crippen LogP contribution in [0.5, 0.6) is 0 Å². The molecule has 0 atom stereocenters. The Kier molecular flexibility index (Phi) is 3.85. The van der Waals surface area contributed by atoms with E-state index in [9.17, 15) is 9.59 Å². The van der Waals surface area contributed by atoms with E-state index in [2.05, 4.69) is 22.7 Å². The lowest BCUT2D eigenvalue weighted by molar-refractivity contribution is 0.566. The zero-order valence-corrected chi connectivity index (χ0v) is 13.2. The number of fused-ring (bicyclic) bond motifs is 1. The third-order valence-electron chi connectivity index (χ3n) is 3.65. The van der Waals surface area contributed by atoms with Crippen LogP contribution in [0, 0.1) is 24.2 Å². The summed E-state index contributed by atoms with van der Waals surface area (Å²) in [4.78, 5) is 29.4. The number of rotatable bonds is 2. The van der Waals surface area contributed by atoms with Gasteiger partial charge in [0.2, 0.25) is 0 Å². The molecule has 0 aromatic carbocycles. The highest BCUT2D eigenvalue weighted by atomic mass is 16.3. The first kappa shape index (κ1) is 15.4. The Morgan fingerprint density at radius 2 is 2.08 bits per heavy atom. The Morgan fingerprint density at radius 3 is 2.71 bits per heavy atom. The van der Waals surface area contributed by atoms with Crippen molar-refractivity contribution in [3.05, 3.63) is 50.8 Å². The molecule has 0 saturated heterocycles. The van der Waals surface area contributed by atoms with Crippen molar-refractivity contribution in [1.29, 1.82) is 0 Å². The maximum absolute atomic E-state index is 12.6. The van der Waals surface area contributed by atoms with E-state index >= 15 is 0 Å². The average Bonchev–Trinajstić information content (AvgIpc) is 3.18. The van der Waals surface area contributed by atoms with Crippen LogP contribution in [0.25, 0.3) is 11.2 Å². The van der Waals surface area contributed by atoms with Crippen LogP contribution in [0.3, 0.4) is 0 Å². The molecule has 3 aromatic heterocycles. The summed E-state index contributed by atoms with van der Waals surface area (Å²) in [5, 5.41) is 0. The van der Waals surface area contributed by atoms with Crippen molar-refractivity contribution < 1.29 is 4.42 Å². The molecule has 7 nitrogen and oxygen atoms in total. The number of nitrogens with zero attached hydrogens (tertiary/aromatic N) is 4. The fourth-order valence-electron chi connectivity index (χ4n) is 2.45. The molecular weight excluding hydrogens is 308 g/mol. The zero-order chi connectivity index (χ0) is 17.3. The summed E-state index contributed by atoms with van der Waals surface area (Å²) in [6.45, 7) is 2.08. The highest BCUT2D eigenvalue weighted by Gasteiger charge is 2.18. The van der Waals surface area contributed by atoms with Crippen molar-refractivity contribution in [3.8, 4) is 24.2 Å². The van der Waals surface area contributed by atoms with Gasteiger partial charge in [-0.25, -0.2) is 14.3 Å². The molecule has 0 radical (unpaired) electrons. The monoisotopic (exact) mass is 322 g/mol. The molecule has 0 fully saturated rings. The van der Waals surface area contributed by atoms with Crippen LogP contribution in [0.1, 0.15) is 18.3 Å². The van der Waals surface area contributed by atoms with Crippen LogP contribution in [-0.2, 0) is 20.1 Å². The smallest absolute Gasteiger partial charge is 0.333 e. The van der Waals surface area contributed by atoms with Crippen LogP contribution < -0.4 is 11.2 Å². The van der Waals surface area contributed by atoms with Crippen LogP contribution >= 0.6 is 0 Å². The SMILES string of the molecule is C#CCn1c(=O)c2c(nc(C#Cc3ccoc3)n2C)n(CC)c1=O. The van der Waals surface area contributed by atoms with E-state index in [4.69, 9.17) is 10.8 Å². The van der Waals surface area contributed by atoms with Crippen molar-refractivity contribution in [1.82, 2.24) is 18.7 Å². The second-order valence-corrected chi connectivity index (χ2v) is 5.05. The predicted octanol–water partition coefficient (Wildman–Crippen LogP) is 0.543. The molecule has 3 aromatic rings. The first-order chi connectivity index (χ1) is 11.6. The minimum absolute atomic E-state index is 0.0885. The van der Waals surface area contributed by atoms with E-state index in [1.807, 2.05) is 0 Å². The van der Waals surface area contributed by atoms with Gasteiger partial charge in [0.05, 0.1) is 18.4 Å². The molecule has 0 aliphatic rings. The van der Waals surface area contributed by atoms with Crippen molar-refractivity contribution in [2.75, 3.05) is 0 Å². The molecule has 0 aliphatic heterocycles. The van der Waals surface area contributed by atoms with Gasteiger partial charge in [-0.3, -0.25) is 9.36 Å². The van der Waals surface area contributed by atoms with Gasteiger partial charge in [0.25, 0.3) is 5.56 Å². The standard InChI is InChI=1S/C17H14N4O3/c1-4-9-21-16(22)14-15(20(5-2)17(21)23)18-13(19(14)3)7-6-12-8-10-24-11-12/h1,8,10-11H,5,9H2,2-3H3. The van der Waals surface area contributed by atoms with Crippen LogP contribution in [0.15, 0.2) is 32.6 Å². The largest absolute Gasteiger partial charge is 0.471 e. The van der Waals surface area contributed by atoms with E-state index in [-0.39, 0.29) is 6.54 Å². The summed E-state index contributed by atoms with van der Waals surface area (Å²) in [7, 11) is 1.68. The van der Waals surface area contributed by atoms with Gasteiger partial charge in [0.1, 0.15) is 6.26 Å². The summed E-state index contributed by atoms with van der Waals surface area (Å²) < 4.78 is 8.97. The molecule has 120 valence electrons. The van der Waals surface area contributed by atoms with Gasteiger partial charge in [0.15, 0.2) is 17.0 Å². The number of hydrogen-bond donors (Lipinski definition) is 0. The van der Waals surface area contributed by atoms with Crippen LogP contribution in [0.2, 0.25) is 0 Å². The molecule has 0 N–H and O–H groups in total. The predicted molar refractivity (Wildman–Crippen MR) is 88.4 cm³/mol. The number of imidazole rings is 1. The lowest BCUT2D eigenvalue weighted by Crippen LogP contribution is -2.40. The quantitative estimate of drug-likeness (QED) is 0.646. The third-order valence-corrected chi connectivity index (χ3v) is 3.65. The van der Waals surface area contributed by atoms with Gasteiger partial charge in [-0.15, -0.1) is 6.42 Å². The maximum Gasteiger partial charge on any atom is 0.333 e. The van der Waals surface area contributed by atoms with Gasteiger partial charge in [-0.1, -0.05) is 11.8 Å². The van der Waals surface area contributed by atoms with Gasteiger partial charge in [-0.2, -0.15) is 0 Å². The Morgan fingerprint density at radius 1 is 1.29 bits per heavy atom. The Balaban J connectivity index is 2.32. The molecule has 7 heteroatoms. The number of aromatic nitrogens is 4. The van der Waals surface area contributed by atoms with E-state index in [1.165, 1.54) is 17.1 Å². The number of terminal acetylenes is 1. The topological polar surface area (TPSA) is 75.0 Å². The molecule has 3 rings (SSSR count). The second-order valence-electron chi connectivity index (χ2n) is 5.05.